The van der Waals surface area contributed by atoms with Crippen molar-refractivity contribution in [1.82, 2.24) is 20.1 Å². The number of nitrogens with one attached hydrogen (secondary N) is 1. The molecule has 0 aliphatic carbocycles. The van der Waals surface area contributed by atoms with Gasteiger partial charge < -0.3 is 14.6 Å². The lowest BCUT2D eigenvalue weighted by atomic mass is 9.97. The van der Waals surface area contributed by atoms with E-state index in [1.54, 1.807) is 11.0 Å². The second-order valence-electron chi connectivity index (χ2n) is 6.00. The first kappa shape index (κ1) is 16.2. The van der Waals surface area contributed by atoms with Gasteiger partial charge in [0.2, 0.25) is 11.4 Å². The fraction of sp³-hybridized carbons (Fsp3) is 0.412. The molecule has 1 saturated heterocycles. The van der Waals surface area contributed by atoms with E-state index in [9.17, 15) is 9.59 Å². The molecule has 0 aromatic carbocycles. The number of aromatic amines is 1. The van der Waals surface area contributed by atoms with Gasteiger partial charge in [-0.1, -0.05) is 0 Å². The van der Waals surface area contributed by atoms with Crippen molar-refractivity contribution in [2.24, 2.45) is 5.92 Å². The predicted molar refractivity (Wildman–Crippen MR) is 88.0 cm³/mol. The third kappa shape index (κ3) is 3.98. The molecular formula is C17H20N4O3. The van der Waals surface area contributed by atoms with E-state index in [4.69, 9.17) is 4.74 Å². The van der Waals surface area contributed by atoms with Crippen LogP contribution in [0.25, 0.3) is 0 Å². The number of H-pyrrole nitrogens is 1. The zero-order valence-corrected chi connectivity index (χ0v) is 13.6. The van der Waals surface area contributed by atoms with Gasteiger partial charge in [0.25, 0.3) is 5.91 Å². The highest BCUT2D eigenvalue weighted by Gasteiger charge is 2.24. The number of hydrogen-bond acceptors (Lipinski definition) is 5. The lowest BCUT2D eigenvalue weighted by Gasteiger charge is -2.31. The summed E-state index contributed by atoms with van der Waals surface area (Å²) in [6, 6.07) is 6.65. The van der Waals surface area contributed by atoms with Crippen molar-refractivity contribution in [1.29, 1.82) is 0 Å². The van der Waals surface area contributed by atoms with Crippen molar-refractivity contribution >= 4 is 5.91 Å². The molecule has 0 saturated carbocycles. The molecule has 1 aliphatic rings. The van der Waals surface area contributed by atoms with Crippen LogP contribution < -0.4 is 10.3 Å². The Hall–Kier alpha value is -2.70. The normalized spacial score (nSPS) is 15.3. The number of piperidine rings is 1. The third-order valence-electron chi connectivity index (χ3n) is 4.16. The molecule has 3 rings (SSSR count). The summed E-state index contributed by atoms with van der Waals surface area (Å²) in [6.07, 6.45) is 3.24. The highest BCUT2D eigenvalue weighted by atomic mass is 16.5. The number of pyridine rings is 1. The Bertz CT molecular complexity index is 749. The maximum Gasteiger partial charge on any atom is 0.254 e. The van der Waals surface area contributed by atoms with Gasteiger partial charge in [-0.3, -0.25) is 9.59 Å². The number of rotatable bonds is 4. The SMILES string of the molecule is Cc1ccc(OCC2CCN(C(=O)c3cc[nH]c(=O)c3)CC2)nn1. The Morgan fingerprint density at radius 3 is 2.75 bits per heavy atom. The minimum Gasteiger partial charge on any atom is -0.476 e. The maximum atomic E-state index is 12.4. The summed E-state index contributed by atoms with van der Waals surface area (Å²) >= 11 is 0. The summed E-state index contributed by atoms with van der Waals surface area (Å²) in [5.74, 6) is 0.823. The molecule has 126 valence electrons. The molecule has 1 N–H and O–H groups in total. The molecule has 2 aromatic rings. The van der Waals surface area contributed by atoms with Crippen molar-refractivity contribution in [3.63, 3.8) is 0 Å². The summed E-state index contributed by atoms with van der Waals surface area (Å²) in [6.45, 7) is 3.79. The number of hydrogen-bond donors (Lipinski definition) is 1. The molecule has 0 atom stereocenters. The van der Waals surface area contributed by atoms with E-state index in [1.807, 2.05) is 19.1 Å². The average Bonchev–Trinajstić information content (AvgIpc) is 2.61. The highest BCUT2D eigenvalue weighted by molar-refractivity contribution is 5.94. The van der Waals surface area contributed by atoms with E-state index in [2.05, 4.69) is 15.2 Å². The number of carbonyl (C=O) groups is 1. The summed E-state index contributed by atoms with van der Waals surface area (Å²) in [7, 11) is 0. The standard InChI is InChI=1S/C17H20N4O3/c1-12-2-3-16(20-19-12)24-11-13-5-8-21(9-6-13)17(23)14-4-7-18-15(22)10-14/h2-4,7,10,13H,5-6,8-9,11H2,1H3,(H,18,22). The molecule has 3 heterocycles. The van der Waals surface area contributed by atoms with Crippen molar-refractivity contribution in [3.8, 4) is 5.88 Å². The van der Waals surface area contributed by atoms with E-state index in [0.29, 0.717) is 37.1 Å². The van der Waals surface area contributed by atoms with Crippen LogP contribution in [0.5, 0.6) is 5.88 Å². The molecule has 1 amide bonds. The topological polar surface area (TPSA) is 88.2 Å². The summed E-state index contributed by atoms with van der Waals surface area (Å²) < 4.78 is 5.67. The number of amides is 1. The van der Waals surface area contributed by atoms with Crippen LogP contribution in [-0.2, 0) is 0 Å². The summed E-state index contributed by atoms with van der Waals surface area (Å²) in [5.41, 5.74) is 1.03. The van der Waals surface area contributed by atoms with Crippen molar-refractivity contribution < 1.29 is 9.53 Å². The van der Waals surface area contributed by atoms with Gasteiger partial charge in [0.1, 0.15) is 0 Å². The van der Waals surface area contributed by atoms with Crippen LogP contribution in [0.3, 0.4) is 0 Å². The van der Waals surface area contributed by atoms with E-state index < -0.39 is 0 Å². The van der Waals surface area contributed by atoms with Crippen LogP contribution in [0.2, 0.25) is 0 Å². The van der Waals surface area contributed by atoms with Crippen molar-refractivity contribution in [2.75, 3.05) is 19.7 Å². The Balaban J connectivity index is 1.49. The molecule has 0 unspecified atom stereocenters. The predicted octanol–water partition coefficient (Wildman–Crippen LogP) is 1.40. The van der Waals surface area contributed by atoms with E-state index in [1.165, 1.54) is 12.3 Å². The van der Waals surface area contributed by atoms with Gasteiger partial charge in [-0.15, -0.1) is 5.10 Å². The average molecular weight is 328 g/mol. The lowest BCUT2D eigenvalue weighted by Crippen LogP contribution is -2.40. The number of likely N-dealkylation sites (tertiary alicyclic amines) is 1. The van der Waals surface area contributed by atoms with Gasteiger partial charge in [0.05, 0.1) is 12.3 Å². The second-order valence-corrected chi connectivity index (χ2v) is 6.00. The zero-order chi connectivity index (χ0) is 16.9. The molecule has 0 radical (unpaired) electrons. The Labute approximate surface area is 139 Å². The van der Waals surface area contributed by atoms with Crippen LogP contribution in [0.1, 0.15) is 28.9 Å². The Morgan fingerprint density at radius 2 is 2.08 bits per heavy atom. The van der Waals surface area contributed by atoms with Gasteiger partial charge in [-0.25, -0.2) is 0 Å². The highest BCUT2D eigenvalue weighted by Crippen LogP contribution is 2.20. The summed E-state index contributed by atoms with van der Waals surface area (Å²) in [4.78, 5) is 28.0. The smallest absolute Gasteiger partial charge is 0.254 e. The van der Waals surface area contributed by atoms with Gasteiger partial charge >= 0.3 is 0 Å². The fourth-order valence-corrected chi connectivity index (χ4v) is 2.73. The summed E-state index contributed by atoms with van der Waals surface area (Å²) in [5, 5.41) is 7.95. The van der Waals surface area contributed by atoms with E-state index in [0.717, 1.165) is 18.5 Å². The van der Waals surface area contributed by atoms with Crippen molar-refractivity contribution in [2.45, 2.75) is 19.8 Å². The number of aryl methyl sites for hydroxylation is 1. The fourth-order valence-electron chi connectivity index (χ4n) is 2.73. The molecule has 0 spiro atoms. The minimum atomic E-state index is -0.261. The Kier molecular flexibility index (Phi) is 4.88. The van der Waals surface area contributed by atoms with Gasteiger partial charge in [-0.2, -0.15) is 5.10 Å². The number of ether oxygens (including phenoxy) is 1. The van der Waals surface area contributed by atoms with Gasteiger partial charge in [-0.05, 0) is 37.8 Å². The van der Waals surface area contributed by atoms with Crippen molar-refractivity contribution in [3.05, 3.63) is 52.1 Å². The van der Waals surface area contributed by atoms with Crippen LogP contribution in [0.15, 0.2) is 35.3 Å². The first-order valence-corrected chi connectivity index (χ1v) is 8.03. The maximum absolute atomic E-state index is 12.4. The number of nitrogens with zero attached hydrogens (tertiary/aromatic N) is 3. The van der Waals surface area contributed by atoms with E-state index in [-0.39, 0.29) is 11.5 Å². The molecule has 7 nitrogen and oxygen atoms in total. The van der Waals surface area contributed by atoms with E-state index >= 15 is 0 Å². The first-order valence-electron chi connectivity index (χ1n) is 8.03. The first-order chi connectivity index (χ1) is 11.6. The molecule has 7 heteroatoms. The van der Waals surface area contributed by atoms with Crippen LogP contribution >= 0.6 is 0 Å². The Morgan fingerprint density at radius 1 is 1.29 bits per heavy atom. The third-order valence-corrected chi connectivity index (χ3v) is 4.16. The molecule has 1 aliphatic heterocycles. The minimum absolute atomic E-state index is 0.0927. The number of carbonyl (C=O) groups excluding carboxylic acids is 1. The monoisotopic (exact) mass is 328 g/mol. The van der Waals surface area contributed by atoms with Gasteiger partial charge in [0, 0.05) is 37.0 Å². The quantitative estimate of drug-likeness (QED) is 0.916. The van der Waals surface area contributed by atoms with Crippen LogP contribution in [0, 0.1) is 12.8 Å². The zero-order valence-electron chi connectivity index (χ0n) is 13.6. The van der Waals surface area contributed by atoms with Crippen LogP contribution in [0.4, 0.5) is 0 Å². The van der Waals surface area contributed by atoms with Gasteiger partial charge in [0.15, 0.2) is 0 Å². The molecule has 2 aromatic heterocycles. The molecule has 0 bridgehead atoms. The molecule has 1 fully saturated rings. The largest absolute Gasteiger partial charge is 0.476 e. The second kappa shape index (κ2) is 7.25. The lowest BCUT2D eigenvalue weighted by molar-refractivity contribution is 0.0658. The van der Waals surface area contributed by atoms with Crippen LogP contribution in [-0.4, -0.2) is 45.7 Å². The molecular weight excluding hydrogens is 308 g/mol. The molecule has 24 heavy (non-hydrogen) atoms. The number of aromatic nitrogens is 3.